The van der Waals surface area contributed by atoms with Crippen molar-refractivity contribution in [1.82, 2.24) is 0 Å². The van der Waals surface area contributed by atoms with Crippen molar-refractivity contribution in [3.8, 4) is 0 Å². The van der Waals surface area contributed by atoms with Crippen molar-refractivity contribution in [3.63, 3.8) is 0 Å². The maximum atomic E-state index is 3.74. The Morgan fingerprint density at radius 3 is 2.82 bits per heavy atom. The molecule has 3 rings (SSSR count). The largest absolute Gasteiger partial charge is 0.382 e. The van der Waals surface area contributed by atoms with Crippen molar-refractivity contribution in [2.75, 3.05) is 5.32 Å². The number of fused-ring (bicyclic) bond motifs is 1. The summed E-state index contributed by atoms with van der Waals surface area (Å²) < 4.78 is 1.41. The Morgan fingerprint density at radius 1 is 1.18 bits per heavy atom. The molecule has 1 heterocycles. The van der Waals surface area contributed by atoms with Gasteiger partial charge in [0.2, 0.25) is 0 Å². The van der Waals surface area contributed by atoms with Crippen molar-refractivity contribution in [2.24, 2.45) is 0 Å². The molecule has 1 saturated carbocycles. The van der Waals surface area contributed by atoms with Gasteiger partial charge in [0.15, 0.2) is 0 Å². The standard InChI is InChI=1S/C15H19NS/c1-11-10-13-14(8-5-9-15(13)17-11)16-12-6-3-2-4-7-12/h5,8-10,12,16H,2-4,6-7H2,1H3. The molecule has 0 atom stereocenters. The topological polar surface area (TPSA) is 12.0 Å². The number of nitrogens with one attached hydrogen (secondary N) is 1. The third-order valence-electron chi connectivity index (χ3n) is 3.65. The summed E-state index contributed by atoms with van der Waals surface area (Å²) in [6.45, 7) is 2.19. The van der Waals surface area contributed by atoms with E-state index in [1.807, 2.05) is 11.3 Å². The molecule has 0 amide bonds. The molecule has 0 unspecified atom stereocenters. The molecule has 1 aliphatic rings. The van der Waals surface area contributed by atoms with Crippen LogP contribution in [0.3, 0.4) is 0 Å². The monoisotopic (exact) mass is 245 g/mol. The van der Waals surface area contributed by atoms with Gasteiger partial charge >= 0.3 is 0 Å². The molecule has 0 aliphatic heterocycles. The van der Waals surface area contributed by atoms with Gasteiger partial charge in [-0.05, 0) is 38.0 Å². The van der Waals surface area contributed by atoms with Crippen LogP contribution >= 0.6 is 11.3 Å². The molecule has 0 spiro atoms. The summed E-state index contributed by atoms with van der Waals surface area (Å²) in [5, 5.41) is 5.15. The number of rotatable bonds is 2. The molecule has 90 valence electrons. The first-order valence-corrected chi connectivity index (χ1v) is 7.40. The molecule has 1 aliphatic carbocycles. The SMILES string of the molecule is Cc1cc2c(NC3CCCCC3)cccc2s1. The van der Waals surface area contributed by atoms with E-state index in [1.54, 1.807) is 0 Å². The van der Waals surface area contributed by atoms with Crippen molar-refractivity contribution < 1.29 is 0 Å². The lowest BCUT2D eigenvalue weighted by Gasteiger charge is -2.24. The number of anilines is 1. The van der Waals surface area contributed by atoms with Gasteiger partial charge in [0, 0.05) is 26.7 Å². The second-order valence-electron chi connectivity index (χ2n) is 5.05. The Bertz CT molecular complexity index is 509. The fourth-order valence-electron chi connectivity index (χ4n) is 2.78. The van der Waals surface area contributed by atoms with E-state index in [-0.39, 0.29) is 0 Å². The van der Waals surface area contributed by atoms with Gasteiger partial charge < -0.3 is 5.32 Å². The predicted molar refractivity (Wildman–Crippen MR) is 77.1 cm³/mol. The molecular weight excluding hydrogens is 226 g/mol. The lowest BCUT2D eigenvalue weighted by Crippen LogP contribution is -2.22. The molecule has 1 N–H and O–H groups in total. The molecular formula is C15H19NS. The average Bonchev–Trinajstić information content (AvgIpc) is 2.72. The van der Waals surface area contributed by atoms with Gasteiger partial charge in [0.1, 0.15) is 0 Å². The minimum atomic E-state index is 0.689. The number of thiophene rings is 1. The normalized spacial score (nSPS) is 17.5. The van der Waals surface area contributed by atoms with Crippen LogP contribution in [0.15, 0.2) is 24.3 Å². The van der Waals surface area contributed by atoms with Crippen LogP contribution in [0.4, 0.5) is 5.69 Å². The van der Waals surface area contributed by atoms with Gasteiger partial charge in [0.05, 0.1) is 0 Å². The van der Waals surface area contributed by atoms with Crippen LogP contribution < -0.4 is 5.32 Å². The maximum absolute atomic E-state index is 3.74. The summed E-state index contributed by atoms with van der Waals surface area (Å²) in [6, 6.07) is 9.62. The van der Waals surface area contributed by atoms with Crippen LogP contribution in [-0.4, -0.2) is 6.04 Å². The Kier molecular flexibility index (Phi) is 3.06. The van der Waals surface area contributed by atoms with Gasteiger partial charge in [-0.25, -0.2) is 0 Å². The zero-order valence-corrected chi connectivity index (χ0v) is 11.1. The van der Waals surface area contributed by atoms with Gasteiger partial charge in [0.25, 0.3) is 0 Å². The first kappa shape index (κ1) is 11.1. The van der Waals surface area contributed by atoms with E-state index in [0.717, 1.165) is 0 Å². The minimum Gasteiger partial charge on any atom is -0.382 e. The summed E-state index contributed by atoms with van der Waals surface area (Å²) in [5.74, 6) is 0. The van der Waals surface area contributed by atoms with Gasteiger partial charge in [-0.3, -0.25) is 0 Å². The summed E-state index contributed by atoms with van der Waals surface area (Å²) in [4.78, 5) is 1.40. The molecule has 17 heavy (non-hydrogen) atoms. The Morgan fingerprint density at radius 2 is 2.00 bits per heavy atom. The number of aryl methyl sites for hydroxylation is 1. The predicted octanol–water partition coefficient (Wildman–Crippen LogP) is 4.95. The van der Waals surface area contributed by atoms with Crippen LogP contribution in [-0.2, 0) is 0 Å². The second-order valence-corrected chi connectivity index (χ2v) is 6.34. The Hall–Kier alpha value is -1.02. The lowest BCUT2D eigenvalue weighted by molar-refractivity contribution is 0.463. The average molecular weight is 245 g/mol. The van der Waals surface area contributed by atoms with Gasteiger partial charge in [-0.15, -0.1) is 11.3 Å². The smallest absolute Gasteiger partial charge is 0.0430 e. The Labute approximate surface area is 107 Å². The molecule has 0 bridgehead atoms. The number of hydrogen-bond donors (Lipinski definition) is 1. The van der Waals surface area contributed by atoms with Crippen LogP contribution in [0.5, 0.6) is 0 Å². The molecule has 0 radical (unpaired) electrons. The summed E-state index contributed by atoms with van der Waals surface area (Å²) in [7, 11) is 0. The fraction of sp³-hybridized carbons (Fsp3) is 0.467. The maximum Gasteiger partial charge on any atom is 0.0430 e. The summed E-state index contributed by atoms with van der Waals surface area (Å²) >= 11 is 1.89. The fourth-order valence-corrected chi connectivity index (χ4v) is 3.73. The third-order valence-corrected chi connectivity index (χ3v) is 4.67. The third kappa shape index (κ3) is 2.32. The number of benzene rings is 1. The zero-order chi connectivity index (χ0) is 11.7. The molecule has 1 fully saturated rings. The van der Waals surface area contributed by atoms with E-state index in [4.69, 9.17) is 0 Å². The van der Waals surface area contributed by atoms with Crippen molar-refractivity contribution in [1.29, 1.82) is 0 Å². The minimum absolute atomic E-state index is 0.689. The highest BCUT2D eigenvalue weighted by Crippen LogP contribution is 2.32. The molecule has 0 saturated heterocycles. The highest BCUT2D eigenvalue weighted by atomic mass is 32.1. The zero-order valence-electron chi connectivity index (χ0n) is 10.3. The molecule has 2 heteroatoms. The van der Waals surface area contributed by atoms with E-state index in [0.29, 0.717) is 6.04 Å². The van der Waals surface area contributed by atoms with E-state index in [2.05, 4.69) is 36.5 Å². The van der Waals surface area contributed by atoms with Crippen molar-refractivity contribution in [3.05, 3.63) is 29.1 Å². The lowest BCUT2D eigenvalue weighted by atomic mass is 9.95. The second kappa shape index (κ2) is 4.69. The highest BCUT2D eigenvalue weighted by molar-refractivity contribution is 7.19. The van der Waals surface area contributed by atoms with E-state index < -0.39 is 0 Å². The van der Waals surface area contributed by atoms with E-state index in [1.165, 1.54) is 52.8 Å². The van der Waals surface area contributed by atoms with Crippen LogP contribution in [0.25, 0.3) is 10.1 Å². The van der Waals surface area contributed by atoms with Crippen molar-refractivity contribution in [2.45, 2.75) is 45.1 Å². The Balaban J connectivity index is 1.88. The van der Waals surface area contributed by atoms with E-state index >= 15 is 0 Å². The summed E-state index contributed by atoms with van der Waals surface area (Å²) in [5.41, 5.74) is 1.33. The highest BCUT2D eigenvalue weighted by Gasteiger charge is 2.14. The first-order chi connectivity index (χ1) is 8.33. The van der Waals surface area contributed by atoms with E-state index in [9.17, 15) is 0 Å². The number of hydrogen-bond acceptors (Lipinski definition) is 2. The van der Waals surface area contributed by atoms with Crippen LogP contribution in [0.1, 0.15) is 37.0 Å². The quantitative estimate of drug-likeness (QED) is 0.789. The van der Waals surface area contributed by atoms with Crippen molar-refractivity contribution >= 4 is 27.1 Å². The van der Waals surface area contributed by atoms with Crippen LogP contribution in [0, 0.1) is 6.92 Å². The summed E-state index contributed by atoms with van der Waals surface area (Å²) in [6.07, 6.45) is 6.85. The molecule has 1 nitrogen and oxygen atoms in total. The first-order valence-electron chi connectivity index (χ1n) is 6.58. The molecule has 2 aromatic rings. The van der Waals surface area contributed by atoms with Crippen LogP contribution in [0.2, 0.25) is 0 Å². The van der Waals surface area contributed by atoms with Gasteiger partial charge in [-0.1, -0.05) is 25.3 Å². The van der Waals surface area contributed by atoms with Gasteiger partial charge in [-0.2, -0.15) is 0 Å². The molecule has 1 aromatic heterocycles. The molecule has 1 aromatic carbocycles.